The largest absolute Gasteiger partial charge is 0.472 e. The van der Waals surface area contributed by atoms with Crippen LogP contribution >= 0.6 is 15.9 Å². The Bertz CT molecular complexity index is 778. The molecule has 2 aromatic heterocycles. The lowest BCUT2D eigenvalue weighted by atomic mass is 10.2. The Kier molecular flexibility index (Phi) is 4.08. The van der Waals surface area contributed by atoms with E-state index in [9.17, 15) is 0 Å². The van der Waals surface area contributed by atoms with E-state index in [4.69, 9.17) is 10.5 Å². The number of aromatic nitrogens is 3. The molecule has 0 aliphatic carbocycles. The summed E-state index contributed by atoms with van der Waals surface area (Å²) in [5, 5.41) is 0. The Morgan fingerprint density at radius 2 is 1.90 bits per heavy atom. The zero-order chi connectivity index (χ0) is 14.7. The van der Waals surface area contributed by atoms with E-state index in [1.807, 2.05) is 24.3 Å². The highest BCUT2D eigenvalue weighted by molar-refractivity contribution is 9.10. The molecule has 0 spiro atoms. The maximum atomic E-state index is 5.67. The second kappa shape index (κ2) is 6.15. The van der Waals surface area contributed by atoms with E-state index < -0.39 is 0 Å². The molecule has 5 nitrogen and oxygen atoms in total. The average molecular weight is 345 g/mol. The Morgan fingerprint density at radius 3 is 2.76 bits per heavy atom. The number of halogens is 1. The molecule has 0 unspecified atom stereocenters. The Morgan fingerprint density at radius 1 is 1.05 bits per heavy atom. The molecule has 3 aromatic rings. The van der Waals surface area contributed by atoms with Crippen LogP contribution in [0.15, 0.2) is 47.3 Å². The molecule has 0 aliphatic heterocycles. The van der Waals surface area contributed by atoms with Gasteiger partial charge < -0.3 is 10.5 Å². The molecule has 0 atom stereocenters. The first-order valence-corrected chi connectivity index (χ1v) is 7.22. The van der Waals surface area contributed by atoms with Crippen LogP contribution in [0.1, 0.15) is 11.1 Å². The quantitative estimate of drug-likeness (QED) is 0.787. The van der Waals surface area contributed by atoms with Gasteiger partial charge in [-0.1, -0.05) is 15.9 Å². The lowest BCUT2D eigenvalue weighted by Crippen LogP contribution is -2.02. The third-order valence-corrected chi connectivity index (χ3v) is 3.45. The molecule has 3 rings (SSSR count). The van der Waals surface area contributed by atoms with Crippen molar-refractivity contribution in [1.82, 2.24) is 15.0 Å². The molecule has 21 heavy (non-hydrogen) atoms. The van der Waals surface area contributed by atoms with E-state index in [0.29, 0.717) is 19.0 Å². The first-order chi connectivity index (χ1) is 10.2. The summed E-state index contributed by atoms with van der Waals surface area (Å²) in [4.78, 5) is 12.9. The van der Waals surface area contributed by atoms with Gasteiger partial charge in [-0.3, -0.25) is 4.98 Å². The van der Waals surface area contributed by atoms with Crippen molar-refractivity contribution < 1.29 is 4.74 Å². The van der Waals surface area contributed by atoms with Gasteiger partial charge in [0.2, 0.25) is 5.88 Å². The minimum atomic E-state index is 0.384. The summed E-state index contributed by atoms with van der Waals surface area (Å²) in [7, 11) is 0. The maximum Gasteiger partial charge on any atom is 0.233 e. The van der Waals surface area contributed by atoms with Crippen LogP contribution in [0.4, 0.5) is 0 Å². The lowest BCUT2D eigenvalue weighted by Gasteiger charge is -2.07. The van der Waals surface area contributed by atoms with Crippen molar-refractivity contribution in [3.63, 3.8) is 0 Å². The molecule has 0 saturated carbocycles. The molecule has 1 aromatic carbocycles. The van der Waals surface area contributed by atoms with Crippen LogP contribution in [-0.2, 0) is 13.2 Å². The number of rotatable bonds is 4. The molecule has 0 aliphatic rings. The van der Waals surface area contributed by atoms with Gasteiger partial charge in [0, 0.05) is 29.0 Å². The highest BCUT2D eigenvalue weighted by Crippen LogP contribution is 2.19. The number of fused-ring (bicyclic) bond motifs is 1. The van der Waals surface area contributed by atoms with Crippen LogP contribution in [-0.4, -0.2) is 15.0 Å². The highest BCUT2D eigenvalue weighted by atomic mass is 79.9. The van der Waals surface area contributed by atoms with Crippen molar-refractivity contribution in [1.29, 1.82) is 0 Å². The summed E-state index contributed by atoms with van der Waals surface area (Å²) < 4.78 is 6.63. The zero-order valence-corrected chi connectivity index (χ0v) is 12.7. The summed E-state index contributed by atoms with van der Waals surface area (Å²) in [5.41, 5.74) is 9.14. The summed E-state index contributed by atoms with van der Waals surface area (Å²) in [6, 6.07) is 7.72. The molecule has 0 fully saturated rings. The van der Waals surface area contributed by atoms with Gasteiger partial charge in [-0.25, -0.2) is 9.97 Å². The predicted molar refractivity (Wildman–Crippen MR) is 83.7 cm³/mol. The van der Waals surface area contributed by atoms with Crippen molar-refractivity contribution >= 4 is 27.0 Å². The van der Waals surface area contributed by atoms with E-state index in [-0.39, 0.29) is 0 Å². The summed E-state index contributed by atoms with van der Waals surface area (Å²) >= 11 is 3.42. The Hall–Kier alpha value is -2.05. The first-order valence-electron chi connectivity index (χ1n) is 6.42. The van der Waals surface area contributed by atoms with E-state index in [0.717, 1.165) is 26.6 Å². The smallest absolute Gasteiger partial charge is 0.233 e. The third-order valence-electron chi connectivity index (χ3n) is 2.96. The van der Waals surface area contributed by atoms with Crippen molar-refractivity contribution in [2.24, 2.45) is 5.73 Å². The SMILES string of the molecule is NCc1cncc(COc2cnc3ccc(Br)cc3n2)c1. The van der Waals surface area contributed by atoms with Crippen molar-refractivity contribution in [3.8, 4) is 5.88 Å². The number of hydrogen-bond donors (Lipinski definition) is 1. The van der Waals surface area contributed by atoms with Gasteiger partial charge in [-0.2, -0.15) is 0 Å². The average Bonchev–Trinajstić information content (AvgIpc) is 2.52. The Labute approximate surface area is 130 Å². The number of pyridine rings is 1. The van der Waals surface area contributed by atoms with E-state index in [1.165, 1.54) is 0 Å². The van der Waals surface area contributed by atoms with Gasteiger partial charge in [-0.15, -0.1) is 0 Å². The molecule has 2 N–H and O–H groups in total. The van der Waals surface area contributed by atoms with Crippen LogP contribution in [0.2, 0.25) is 0 Å². The Balaban J connectivity index is 1.78. The summed E-state index contributed by atoms with van der Waals surface area (Å²) in [6.07, 6.45) is 5.12. The van der Waals surface area contributed by atoms with Crippen LogP contribution in [0, 0.1) is 0 Å². The van der Waals surface area contributed by atoms with Gasteiger partial charge in [0.25, 0.3) is 0 Å². The fraction of sp³-hybridized carbons (Fsp3) is 0.133. The molecule has 0 amide bonds. The van der Waals surface area contributed by atoms with E-state index >= 15 is 0 Å². The van der Waals surface area contributed by atoms with Gasteiger partial charge >= 0.3 is 0 Å². The van der Waals surface area contributed by atoms with Gasteiger partial charge in [0.1, 0.15) is 6.61 Å². The number of nitrogens with zero attached hydrogens (tertiary/aromatic N) is 3. The second-order valence-electron chi connectivity index (χ2n) is 4.54. The minimum Gasteiger partial charge on any atom is -0.472 e. The zero-order valence-electron chi connectivity index (χ0n) is 11.2. The molecule has 6 heteroatoms. The van der Waals surface area contributed by atoms with Gasteiger partial charge in [0.05, 0.1) is 17.2 Å². The van der Waals surface area contributed by atoms with Crippen molar-refractivity contribution in [2.75, 3.05) is 0 Å². The van der Waals surface area contributed by atoms with Crippen LogP contribution in [0.3, 0.4) is 0 Å². The van der Waals surface area contributed by atoms with Crippen LogP contribution < -0.4 is 10.5 Å². The highest BCUT2D eigenvalue weighted by Gasteiger charge is 2.03. The third kappa shape index (κ3) is 3.34. The van der Waals surface area contributed by atoms with Crippen LogP contribution in [0.25, 0.3) is 11.0 Å². The monoisotopic (exact) mass is 344 g/mol. The normalized spacial score (nSPS) is 10.8. The number of hydrogen-bond acceptors (Lipinski definition) is 5. The number of ether oxygens (including phenoxy) is 1. The predicted octanol–water partition coefficient (Wildman–Crippen LogP) is 2.83. The molecular formula is C15H13BrN4O. The summed E-state index contributed by atoms with van der Waals surface area (Å²) in [6.45, 7) is 0.847. The van der Waals surface area contributed by atoms with Gasteiger partial charge in [-0.05, 0) is 29.8 Å². The lowest BCUT2D eigenvalue weighted by molar-refractivity contribution is 0.293. The topological polar surface area (TPSA) is 73.9 Å². The van der Waals surface area contributed by atoms with E-state index in [1.54, 1.807) is 18.6 Å². The van der Waals surface area contributed by atoms with Gasteiger partial charge in [0.15, 0.2) is 0 Å². The fourth-order valence-corrected chi connectivity index (χ4v) is 2.28. The molecule has 0 saturated heterocycles. The standard InChI is InChI=1S/C15H13BrN4O/c16-12-1-2-13-14(4-12)20-15(8-19-13)21-9-11-3-10(5-17)6-18-7-11/h1-4,6-8H,5,9,17H2. The molecule has 2 heterocycles. The van der Waals surface area contributed by atoms with E-state index in [2.05, 4.69) is 30.9 Å². The molecule has 0 bridgehead atoms. The maximum absolute atomic E-state index is 5.67. The van der Waals surface area contributed by atoms with Crippen LogP contribution in [0.5, 0.6) is 5.88 Å². The number of benzene rings is 1. The van der Waals surface area contributed by atoms with Crippen molar-refractivity contribution in [3.05, 3.63) is 58.5 Å². The van der Waals surface area contributed by atoms with Crippen molar-refractivity contribution in [2.45, 2.75) is 13.2 Å². The fourth-order valence-electron chi connectivity index (χ4n) is 1.93. The second-order valence-corrected chi connectivity index (χ2v) is 5.45. The summed E-state index contributed by atoms with van der Waals surface area (Å²) in [5.74, 6) is 0.485. The molecular weight excluding hydrogens is 332 g/mol. The molecule has 106 valence electrons. The first kappa shape index (κ1) is 13.9. The molecule has 0 radical (unpaired) electrons. The minimum absolute atomic E-state index is 0.384. The number of nitrogens with two attached hydrogens (primary N) is 1.